The zero-order valence-corrected chi connectivity index (χ0v) is 12.9. The first-order valence-corrected chi connectivity index (χ1v) is 8.31. The van der Waals surface area contributed by atoms with Crippen LogP contribution in [0.4, 0.5) is 0 Å². The summed E-state index contributed by atoms with van der Waals surface area (Å²) in [6.45, 7) is 7.55. The van der Waals surface area contributed by atoms with E-state index in [1.165, 1.54) is 57.9 Å². The zero-order chi connectivity index (χ0) is 13.7. The number of ether oxygens (including phenoxy) is 1. The first kappa shape index (κ1) is 15.3. The van der Waals surface area contributed by atoms with E-state index >= 15 is 0 Å². The fourth-order valence-electron chi connectivity index (χ4n) is 3.92. The van der Waals surface area contributed by atoms with E-state index in [2.05, 4.69) is 18.7 Å². The third kappa shape index (κ3) is 3.71. The van der Waals surface area contributed by atoms with Crippen LogP contribution < -0.4 is 5.73 Å². The molecule has 1 saturated heterocycles. The molecular formula is C16H32N2O. The van der Waals surface area contributed by atoms with Gasteiger partial charge in [0.05, 0.1) is 12.2 Å². The predicted molar refractivity (Wildman–Crippen MR) is 80.3 cm³/mol. The smallest absolute Gasteiger partial charge is 0.0706 e. The number of nitrogens with two attached hydrogens (primary N) is 1. The predicted octanol–water partition coefficient (Wildman–Crippen LogP) is 2.93. The normalized spacial score (nSPS) is 30.9. The Morgan fingerprint density at radius 1 is 1.21 bits per heavy atom. The topological polar surface area (TPSA) is 38.5 Å². The van der Waals surface area contributed by atoms with Gasteiger partial charge in [-0.2, -0.15) is 0 Å². The molecule has 0 spiro atoms. The monoisotopic (exact) mass is 268 g/mol. The average Bonchev–Trinajstić information content (AvgIpc) is 2.84. The Kier molecular flexibility index (Phi) is 5.67. The summed E-state index contributed by atoms with van der Waals surface area (Å²) in [6.07, 6.45) is 11.2. The molecule has 0 bridgehead atoms. The lowest BCUT2D eigenvalue weighted by Gasteiger charge is -2.47. The highest BCUT2D eigenvalue weighted by Crippen LogP contribution is 2.34. The highest BCUT2D eigenvalue weighted by molar-refractivity contribution is 4.95. The summed E-state index contributed by atoms with van der Waals surface area (Å²) in [5.74, 6) is 0. The molecule has 1 saturated carbocycles. The van der Waals surface area contributed by atoms with E-state index in [0.29, 0.717) is 12.2 Å². The van der Waals surface area contributed by atoms with Gasteiger partial charge in [0.1, 0.15) is 0 Å². The van der Waals surface area contributed by atoms with E-state index in [0.717, 1.165) is 13.1 Å². The van der Waals surface area contributed by atoms with Crippen molar-refractivity contribution in [3.63, 3.8) is 0 Å². The maximum Gasteiger partial charge on any atom is 0.0706 e. The van der Waals surface area contributed by atoms with Crippen molar-refractivity contribution in [1.82, 2.24) is 4.90 Å². The van der Waals surface area contributed by atoms with Crippen LogP contribution in [0.15, 0.2) is 0 Å². The Labute approximate surface area is 118 Å². The van der Waals surface area contributed by atoms with Crippen LogP contribution in [-0.4, -0.2) is 42.3 Å². The molecule has 0 radical (unpaired) electrons. The molecule has 2 N–H and O–H groups in total. The molecule has 0 aromatic rings. The SMILES string of the molecule is CCCN(CC1CCC(C)O1)C1(CN)CCCCC1. The van der Waals surface area contributed by atoms with Crippen molar-refractivity contribution < 1.29 is 4.74 Å². The lowest BCUT2D eigenvalue weighted by atomic mass is 9.80. The van der Waals surface area contributed by atoms with Crippen molar-refractivity contribution in [2.45, 2.75) is 83.0 Å². The fourth-order valence-corrected chi connectivity index (χ4v) is 3.92. The van der Waals surface area contributed by atoms with Crippen molar-refractivity contribution in [3.8, 4) is 0 Å². The highest BCUT2D eigenvalue weighted by Gasteiger charge is 2.38. The largest absolute Gasteiger partial charge is 0.374 e. The first-order chi connectivity index (χ1) is 9.20. The van der Waals surface area contributed by atoms with Crippen molar-refractivity contribution in [2.75, 3.05) is 19.6 Å². The van der Waals surface area contributed by atoms with E-state index in [4.69, 9.17) is 10.5 Å². The van der Waals surface area contributed by atoms with E-state index < -0.39 is 0 Å². The van der Waals surface area contributed by atoms with Gasteiger partial charge in [0.15, 0.2) is 0 Å². The van der Waals surface area contributed by atoms with Crippen molar-refractivity contribution in [2.24, 2.45) is 5.73 Å². The number of hydrogen-bond donors (Lipinski definition) is 1. The fraction of sp³-hybridized carbons (Fsp3) is 1.00. The second-order valence-electron chi connectivity index (χ2n) is 6.58. The molecule has 0 aromatic carbocycles. The summed E-state index contributed by atoms with van der Waals surface area (Å²) >= 11 is 0. The molecule has 0 aromatic heterocycles. The third-order valence-electron chi connectivity index (χ3n) is 5.07. The van der Waals surface area contributed by atoms with Gasteiger partial charge in [0.2, 0.25) is 0 Å². The van der Waals surface area contributed by atoms with Gasteiger partial charge >= 0.3 is 0 Å². The molecule has 2 atom stereocenters. The number of hydrogen-bond acceptors (Lipinski definition) is 3. The second kappa shape index (κ2) is 7.05. The van der Waals surface area contributed by atoms with Crippen molar-refractivity contribution in [3.05, 3.63) is 0 Å². The van der Waals surface area contributed by atoms with Gasteiger partial charge < -0.3 is 10.5 Å². The molecule has 2 aliphatic rings. The minimum absolute atomic E-state index is 0.267. The Morgan fingerprint density at radius 2 is 1.95 bits per heavy atom. The van der Waals surface area contributed by atoms with E-state index in [9.17, 15) is 0 Å². The first-order valence-electron chi connectivity index (χ1n) is 8.31. The zero-order valence-electron chi connectivity index (χ0n) is 12.9. The maximum absolute atomic E-state index is 6.19. The van der Waals surface area contributed by atoms with Crippen LogP contribution in [0.2, 0.25) is 0 Å². The number of nitrogens with zero attached hydrogens (tertiary/aromatic N) is 1. The average molecular weight is 268 g/mol. The Balaban J connectivity index is 2.00. The molecule has 1 aliphatic heterocycles. The standard InChI is InChI=1S/C16H32N2O/c1-3-11-18(12-15-8-7-14(2)19-15)16(13-17)9-5-4-6-10-16/h14-15H,3-13,17H2,1-2H3. The van der Waals surface area contributed by atoms with E-state index in [-0.39, 0.29) is 5.54 Å². The van der Waals surface area contributed by atoms with Crippen LogP contribution >= 0.6 is 0 Å². The molecule has 3 nitrogen and oxygen atoms in total. The second-order valence-corrected chi connectivity index (χ2v) is 6.58. The summed E-state index contributed by atoms with van der Waals surface area (Å²) in [5, 5.41) is 0. The quantitative estimate of drug-likeness (QED) is 0.805. The Hall–Kier alpha value is -0.120. The van der Waals surface area contributed by atoms with Gasteiger partial charge in [0.25, 0.3) is 0 Å². The lowest BCUT2D eigenvalue weighted by Crippen LogP contribution is -2.57. The molecule has 3 heteroatoms. The molecule has 2 unspecified atom stereocenters. The Morgan fingerprint density at radius 3 is 2.47 bits per heavy atom. The van der Waals surface area contributed by atoms with Gasteiger partial charge in [-0.3, -0.25) is 4.90 Å². The van der Waals surface area contributed by atoms with Gasteiger partial charge in [-0.25, -0.2) is 0 Å². The van der Waals surface area contributed by atoms with Gasteiger partial charge in [0, 0.05) is 18.6 Å². The van der Waals surface area contributed by atoms with Gasteiger partial charge in [-0.15, -0.1) is 0 Å². The summed E-state index contributed by atoms with van der Waals surface area (Å²) in [4.78, 5) is 2.68. The summed E-state index contributed by atoms with van der Waals surface area (Å²) in [7, 11) is 0. The van der Waals surface area contributed by atoms with Gasteiger partial charge in [-0.05, 0) is 45.6 Å². The summed E-state index contributed by atoms with van der Waals surface area (Å²) in [5.41, 5.74) is 6.46. The highest BCUT2D eigenvalue weighted by atomic mass is 16.5. The molecule has 1 aliphatic carbocycles. The molecule has 0 amide bonds. The molecular weight excluding hydrogens is 236 g/mol. The molecule has 1 heterocycles. The molecule has 2 fully saturated rings. The van der Waals surface area contributed by atoms with Crippen LogP contribution in [0, 0.1) is 0 Å². The van der Waals surface area contributed by atoms with E-state index in [1.54, 1.807) is 0 Å². The minimum atomic E-state index is 0.267. The van der Waals surface area contributed by atoms with Crippen molar-refractivity contribution in [1.29, 1.82) is 0 Å². The Bertz CT molecular complexity index is 263. The van der Waals surface area contributed by atoms with Crippen LogP contribution in [0.3, 0.4) is 0 Å². The molecule has 2 rings (SSSR count). The van der Waals surface area contributed by atoms with Gasteiger partial charge in [-0.1, -0.05) is 26.2 Å². The summed E-state index contributed by atoms with van der Waals surface area (Å²) < 4.78 is 6.04. The van der Waals surface area contributed by atoms with Crippen LogP contribution in [0.25, 0.3) is 0 Å². The summed E-state index contributed by atoms with van der Waals surface area (Å²) in [6, 6.07) is 0. The van der Waals surface area contributed by atoms with E-state index in [1.807, 2.05) is 0 Å². The van der Waals surface area contributed by atoms with Crippen molar-refractivity contribution >= 4 is 0 Å². The molecule has 19 heavy (non-hydrogen) atoms. The molecule has 112 valence electrons. The third-order valence-corrected chi connectivity index (χ3v) is 5.07. The maximum atomic E-state index is 6.19. The number of rotatable bonds is 6. The van der Waals surface area contributed by atoms with Crippen LogP contribution in [0.5, 0.6) is 0 Å². The van der Waals surface area contributed by atoms with Crippen LogP contribution in [-0.2, 0) is 4.74 Å². The van der Waals surface area contributed by atoms with Crippen LogP contribution in [0.1, 0.15) is 65.2 Å². The minimum Gasteiger partial charge on any atom is -0.374 e. The lowest BCUT2D eigenvalue weighted by molar-refractivity contribution is -0.0141.